The summed E-state index contributed by atoms with van der Waals surface area (Å²) in [6.45, 7) is 0. The summed E-state index contributed by atoms with van der Waals surface area (Å²) >= 11 is 0. The number of aromatic hydroxyl groups is 2. The third-order valence-corrected chi connectivity index (χ3v) is 9.95. The third kappa shape index (κ3) is 9.74. The van der Waals surface area contributed by atoms with Crippen molar-refractivity contribution in [1.29, 1.82) is 0 Å². The van der Waals surface area contributed by atoms with E-state index in [1.165, 1.54) is 84.9 Å². The Morgan fingerprint density at radius 3 is 1.20 bits per heavy atom. The molecule has 0 fully saturated rings. The number of hydrogen-bond donors (Lipinski definition) is 6. The number of azo groups is 2. The molecule has 0 heterocycles. The van der Waals surface area contributed by atoms with Crippen LogP contribution in [0.25, 0.3) is 21.5 Å². The largest absolute Gasteiger partial charge is 0.506 e. The quantitative estimate of drug-likeness (QED) is 0.0575. The molecule has 6 N–H and O–H groups in total. The number of para-hydroxylation sites is 2. The van der Waals surface area contributed by atoms with Gasteiger partial charge in [0.05, 0.1) is 22.7 Å². The zero-order chi connectivity index (χ0) is 46.3. The third-order valence-electron chi connectivity index (χ3n) is 9.95. The highest BCUT2D eigenvalue weighted by molar-refractivity contribution is 6.12. The fourth-order valence-corrected chi connectivity index (χ4v) is 6.62. The van der Waals surface area contributed by atoms with Crippen LogP contribution in [0.5, 0.6) is 11.5 Å². The average molecular weight is 883 g/mol. The number of imide groups is 2. The predicted molar refractivity (Wildman–Crippen MR) is 242 cm³/mol. The molecule has 0 radical (unpaired) electrons. The summed E-state index contributed by atoms with van der Waals surface area (Å²) < 4.78 is 27.8. The number of nitrogens with zero attached hydrogens (tertiary/aromatic N) is 4. The van der Waals surface area contributed by atoms with Gasteiger partial charge in [-0.2, -0.15) is 10.2 Å². The summed E-state index contributed by atoms with van der Waals surface area (Å²) in [6, 6.07) is 36.6. The van der Waals surface area contributed by atoms with Gasteiger partial charge in [0.2, 0.25) is 0 Å². The molecule has 8 aromatic carbocycles. The minimum Gasteiger partial charge on any atom is -0.506 e. The number of halogens is 2. The van der Waals surface area contributed by atoms with Crippen LogP contribution in [0.4, 0.5) is 52.5 Å². The van der Waals surface area contributed by atoms with Gasteiger partial charge in [-0.3, -0.25) is 25.0 Å². The highest BCUT2D eigenvalue weighted by atomic mass is 19.1. The molecule has 8 rings (SSSR count). The number of ketones is 1. The zero-order valence-electron chi connectivity index (χ0n) is 34.0. The van der Waals surface area contributed by atoms with Gasteiger partial charge in [0.1, 0.15) is 34.5 Å². The van der Waals surface area contributed by atoms with E-state index in [1.807, 2.05) is 0 Å². The number of urea groups is 2. The lowest BCUT2D eigenvalue weighted by molar-refractivity contribution is 0.0957. The minimum absolute atomic E-state index is 0.0933. The second kappa shape index (κ2) is 18.9. The Kier molecular flexibility index (Phi) is 12.3. The number of hydrogen-bond acceptors (Lipinski definition) is 11. The van der Waals surface area contributed by atoms with E-state index in [-0.39, 0.29) is 51.2 Å². The summed E-state index contributed by atoms with van der Waals surface area (Å²) in [4.78, 5) is 63.6. The maximum Gasteiger partial charge on any atom is 0.326 e. The first-order valence-electron chi connectivity index (χ1n) is 19.7. The number of phenolic OH excluding ortho intramolecular Hbond substituents is 2. The van der Waals surface area contributed by atoms with Gasteiger partial charge >= 0.3 is 12.1 Å². The summed E-state index contributed by atoms with van der Waals surface area (Å²) in [5, 5.41) is 49.0. The van der Waals surface area contributed by atoms with Crippen LogP contribution in [0.1, 0.15) is 36.6 Å². The molecule has 8 aromatic rings. The van der Waals surface area contributed by atoms with Gasteiger partial charge in [-0.05, 0) is 120 Å². The first-order chi connectivity index (χ1) is 31.9. The van der Waals surface area contributed by atoms with E-state index >= 15 is 0 Å². The SMILES string of the molecule is O=C(NC(=O)c1ccc2c(N=Nc3ccc(C(=O)c4ccc(N=Nc5c(O)ccc6cc(C(=O)NC(=O)Nc7ccccc7F)ccc56)cc4)cc3)c(O)ccc2c1)Nc1ccccc1F. The normalized spacial score (nSPS) is 11.2. The van der Waals surface area contributed by atoms with E-state index in [0.29, 0.717) is 44.0 Å². The summed E-state index contributed by atoms with van der Waals surface area (Å²) in [5.41, 5.74) is 1.74. The van der Waals surface area contributed by atoms with Crippen LogP contribution in [0, 0.1) is 11.6 Å². The number of benzene rings is 8. The van der Waals surface area contributed by atoms with Crippen molar-refractivity contribution in [3.8, 4) is 11.5 Å². The number of rotatable bonds is 10. The fourth-order valence-electron chi connectivity index (χ4n) is 6.62. The lowest BCUT2D eigenvalue weighted by Crippen LogP contribution is -2.34. The fraction of sp³-hybridized carbons (Fsp3) is 0. The van der Waals surface area contributed by atoms with Crippen molar-refractivity contribution in [3.05, 3.63) is 192 Å². The summed E-state index contributed by atoms with van der Waals surface area (Å²) in [5.74, 6) is -3.46. The molecule has 0 aliphatic rings. The Bertz CT molecular complexity index is 3090. The van der Waals surface area contributed by atoms with Crippen LogP contribution in [0.2, 0.25) is 0 Å². The number of carbonyl (C=O) groups is 5. The number of amides is 6. The molecule has 66 heavy (non-hydrogen) atoms. The molecule has 6 amide bonds. The average Bonchev–Trinajstić information content (AvgIpc) is 3.32. The van der Waals surface area contributed by atoms with Crippen LogP contribution >= 0.6 is 0 Å². The molecule has 0 aliphatic carbocycles. The van der Waals surface area contributed by atoms with Gasteiger partial charge in [-0.15, -0.1) is 10.2 Å². The van der Waals surface area contributed by atoms with Gasteiger partial charge < -0.3 is 20.8 Å². The molecule has 0 unspecified atom stereocenters. The molecule has 0 saturated heterocycles. The van der Waals surface area contributed by atoms with Crippen molar-refractivity contribution in [1.82, 2.24) is 10.6 Å². The molecular weight excluding hydrogens is 851 g/mol. The summed E-state index contributed by atoms with van der Waals surface area (Å²) in [6.07, 6.45) is 0. The maximum atomic E-state index is 13.9. The Morgan fingerprint density at radius 2 is 0.803 bits per heavy atom. The molecular formula is C49H32F2N8O7. The van der Waals surface area contributed by atoms with Crippen molar-refractivity contribution < 1.29 is 43.0 Å². The van der Waals surface area contributed by atoms with E-state index in [9.17, 15) is 43.0 Å². The number of nitrogens with one attached hydrogen (secondary N) is 4. The smallest absolute Gasteiger partial charge is 0.326 e. The van der Waals surface area contributed by atoms with Gasteiger partial charge in [-0.1, -0.05) is 48.5 Å². The van der Waals surface area contributed by atoms with Crippen LogP contribution < -0.4 is 21.3 Å². The van der Waals surface area contributed by atoms with E-state index in [1.54, 1.807) is 72.8 Å². The lowest BCUT2D eigenvalue weighted by atomic mass is 10.0. The van der Waals surface area contributed by atoms with Crippen molar-refractivity contribution in [3.63, 3.8) is 0 Å². The minimum atomic E-state index is -0.920. The lowest BCUT2D eigenvalue weighted by Gasteiger charge is -2.09. The highest BCUT2D eigenvalue weighted by Gasteiger charge is 2.17. The predicted octanol–water partition coefficient (Wildman–Crippen LogP) is 11.7. The maximum absolute atomic E-state index is 13.9. The number of fused-ring (bicyclic) bond motifs is 2. The molecule has 324 valence electrons. The van der Waals surface area contributed by atoms with Crippen LogP contribution in [-0.2, 0) is 0 Å². The molecule has 17 heteroatoms. The summed E-state index contributed by atoms with van der Waals surface area (Å²) in [7, 11) is 0. The number of anilines is 2. The van der Waals surface area contributed by atoms with E-state index in [2.05, 4.69) is 41.7 Å². The van der Waals surface area contributed by atoms with E-state index < -0.39 is 35.5 Å². The molecule has 0 atom stereocenters. The van der Waals surface area contributed by atoms with Gasteiger partial charge in [-0.25, -0.2) is 18.4 Å². The first-order valence-corrected chi connectivity index (χ1v) is 19.7. The van der Waals surface area contributed by atoms with Crippen molar-refractivity contribution >= 4 is 85.3 Å². The van der Waals surface area contributed by atoms with Crippen LogP contribution in [-0.4, -0.2) is 39.9 Å². The Hall–Kier alpha value is -9.51. The molecule has 0 bridgehead atoms. The van der Waals surface area contributed by atoms with Crippen molar-refractivity contribution in [2.24, 2.45) is 20.5 Å². The van der Waals surface area contributed by atoms with Crippen LogP contribution in [0.3, 0.4) is 0 Å². The molecule has 0 aromatic heterocycles. The zero-order valence-corrected chi connectivity index (χ0v) is 34.0. The molecule has 0 saturated carbocycles. The Morgan fingerprint density at radius 1 is 0.424 bits per heavy atom. The van der Waals surface area contributed by atoms with Gasteiger partial charge in [0.15, 0.2) is 5.78 Å². The van der Waals surface area contributed by atoms with Crippen LogP contribution in [0.15, 0.2) is 178 Å². The van der Waals surface area contributed by atoms with E-state index in [0.717, 1.165) is 0 Å². The first kappa shape index (κ1) is 43.2. The van der Waals surface area contributed by atoms with Gasteiger partial charge in [0.25, 0.3) is 11.8 Å². The van der Waals surface area contributed by atoms with Crippen molar-refractivity contribution in [2.45, 2.75) is 0 Å². The second-order valence-electron chi connectivity index (χ2n) is 14.3. The standard InChI is InChI=1S/C49H32F2N8O7/c50-37-5-1-3-7-39(37)52-48(65)54-46(63)31-13-21-35-29(25-31)15-23-41(60)43(35)58-56-33-17-9-27(10-18-33)45(62)28-11-19-34(20-12-28)57-59-44-36-22-14-32(26-30(36)16-24-42(44)61)47(64)55-49(66)53-40-8-4-2-6-38(40)51/h1-26,60-61H,(H2,52,54,63,65)(H2,53,55,64,66). The highest BCUT2D eigenvalue weighted by Crippen LogP contribution is 2.38. The monoisotopic (exact) mass is 882 g/mol. The number of phenols is 2. The van der Waals surface area contributed by atoms with E-state index in [4.69, 9.17) is 0 Å². The Balaban J connectivity index is 0.895. The number of carbonyl (C=O) groups excluding carboxylic acids is 5. The topological polar surface area (TPSA) is 223 Å². The Labute approximate surface area is 372 Å². The second-order valence-corrected chi connectivity index (χ2v) is 14.3. The molecule has 0 aliphatic heterocycles. The molecule has 15 nitrogen and oxygen atoms in total. The van der Waals surface area contributed by atoms with Gasteiger partial charge in [0, 0.05) is 33.0 Å². The molecule has 0 spiro atoms. The van der Waals surface area contributed by atoms with Crippen molar-refractivity contribution in [2.75, 3.05) is 10.6 Å².